The third-order valence-corrected chi connectivity index (χ3v) is 3.68. The molecule has 14 heavy (non-hydrogen) atoms. The van der Waals surface area contributed by atoms with Crippen molar-refractivity contribution in [2.75, 3.05) is 0 Å². The van der Waals surface area contributed by atoms with Gasteiger partial charge in [-0.25, -0.2) is 0 Å². The Morgan fingerprint density at radius 3 is 2.36 bits per heavy atom. The highest BCUT2D eigenvalue weighted by atomic mass is 16.3. The Kier molecular flexibility index (Phi) is 5.54. The predicted molar refractivity (Wildman–Crippen MR) is 61.3 cm³/mol. The third kappa shape index (κ3) is 4.00. The lowest BCUT2D eigenvalue weighted by atomic mass is 9.92. The van der Waals surface area contributed by atoms with Gasteiger partial charge in [-0.1, -0.05) is 39.5 Å². The zero-order valence-corrected chi connectivity index (χ0v) is 9.84. The number of hydrogen-bond acceptors (Lipinski definition) is 1. The molecule has 0 aromatic rings. The van der Waals surface area contributed by atoms with Crippen LogP contribution in [0.15, 0.2) is 0 Å². The molecule has 1 heteroatoms. The van der Waals surface area contributed by atoms with Crippen molar-refractivity contribution in [2.24, 2.45) is 11.8 Å². The van der Waals surface area contributed by atoms with Crippen molar-refractivity contribution in [2.45, 2.75) is 71.3 Å². The van der Waals surface area contributed by atoms with Crippen molar-refractivity contribution in [1.29, 1.82) is 0 Å². The maximum absolute atomic E-state index is 9.97. The topological polar surface area (TPSA) is 20.2 Å². The summed E-state index contributed by atoms with van der Waals surface area (Å²) in [5.74, 6) is 1.43. The summed E-state index contributed by atoms with van der Waals surface area (Å²) in [7, 11) is 0. The smallest absolute Gasteiger partial charge is 0.0568 e. The highest BCUT2D eigenvalue weighted by Gasteiger charge is 2.22. The van der Waals surface area contributed by atoms with Crippen LogP contribution in [0.4, 0.5) is 0 Å². The van der Waals surface area contributed by atoms with Crippen LogP contribution in [0.25, 0.3) is 0 Å². The molecule has 0 aromatic carbocycles. The molecular formula is C13H26O. The number of hydrogen-bond donors (Lipinski definition) is 1. The van der Waals surface area contributed by atoms with Crippen molar-refractivity contribution in [1.82, 2.24) is 0 Å². The van der Waals surface area contributed by atoms with Gasteiger partial charge in [0.2, 0.25) is 0 Å². The summed E-state index contributed by atoms with van der Waals surface area (Å²) < 4.78 is 0. The second kappa shape index (κ2) is 6.44. The van der Waals surface area contributed by atoms with Gasteiger partial charge in [-0.3, -0.25) is 0 Å². The van der Waals surface area contributed by atoms with Crippen molar-refractivity contribution in [3.63, 3.8) is 0 Å². The van der Waals surface area contributed by atoms with Crippen LogP contribution < -0.4 is 0 Å². The van der Waals surface area contributed by atoms with E-state index in [1.54, 1.807) is 0 Å². The van der Waals surface area contributed by atoms with E-state index in [2.05, 4.69) is 13.8 Å². The normalized spacial score (nSPS) is 22.5. The second-order valence-corrected chi connectivity index (χ2v) is 5.08. The van der Waals surface area contributed by atoms with Crippen molar-refractivity contribution in [3.05, 3.63) is 0 Å². The number of aliphatic hydroxyl groups excluding tert-OH is 1. The van der Waals surface area contributed by atoms with Crippen LogP contribution in [0, 0.1) is 11.8 Å². The fraction of sp³-hybridized carbons (Fsp3) is 1.00. The minimum absolute atomic E-state index is 0.00296. The molecule has 0 amide bonds. The van der Waals surface area contributed by atoms with E-state index in [4.69, 9.17) is 0 Å². The molecule has 2 atom stereocenters. The molecule has 1 aliphatic rings. The molecule has 1 aliphatic carbocycles. The lowest BCUT2D eigenvalue weighted by molar-refractivity contribution is 0.0947. The maximum atomic E-state index is 9.97. The van der Waals surface area contributed by atoms with Gasteiger partial charge in [-0.2, -0.15) is 0 Å². The van der Waals surface area contributed by atoms with Gasteiger partial charge >= 0.3 is 0 Å². The predicted octanol–water partition coefficient (Wildman–Crippen LogP) is 3.75. The molecule has 0 radical (unpaired) electrons. The van der Waals surface area contributed by atoms with E-state index in [0.29, 0.717) is 5.92 Å². The van der Waals surface area contributed by atoms with Crippen molar-refractivity contribution >= 4 is 0 Å². The first-order chi connectivity index (χ1) is 6.74. The fourth-order valence-electron chi connectivity index (χ4n) is 2.67. The Hall–Kier alpha value is -0.0400. The lowest BCUT2D eigenvalue weighted by Crippen LogP contribution is -2.18. The minimum Gasteiger partial charge on any atom is -0.393 e. The molecule has 0 saturated heterocycles. The molecule has 0 bridgehead atoms. The largest absolute Gasteiger partial charge is 0.393 e. The minimum atomic E-state index is -0.00296. The monoisotopic (exact) mass is 198 g/mol. The molecule has 2 unspecified atom stereocenters. The van der Waals surface area contributed by atoms with E-state index in [9.17, 15) is 5.11 Å². The van der Waals surface area contributed by atoms with Gasteiger partial charge < -0.3 is 5.11 Å². The van der Waals surface area contributed by atoms with Crippen LogP contribution >= 0.6 is 0 Å². The van der Waals surface area contributed by atoms with Crippen molar-refractivity contribution in [3.8, 4) is 0 Å². The third-order valence-electron chi connectivity index (χ3n) is 3.68. The average Bonchev–Trinajstić information content (AvgIpc) is 2.67. The van der Waals surface area contributed by atoms with Gasteiger partial charge in [0, 0.05) is 0 Å². The van der Waals surface area contributed by atoms with Gasteiger partial charge in [0.25, 0.3) is 0 Å². The molecule has 1 rings (SSSR count). The first-order valence-corrected chi connectivity index (χ1v) is 6.42. The van der Waals surface area contributed by atoms with Crippen molar-refractivity contribution < 1.29 is 5.11 Å². The van der Waals surface area contributed by atoms with Gasteiger partial charge in [0.15, 0.2) is 0 Å². The summed E-state index contributed by atoms with van der Waals surface area (Å²) in [6.45, 7) is 4.55. The SMILES string of the molecule is CCCC(C)CCC(O)C1CCCC1. The van der Waals surface area contributed by atoms with E-state index >= 15 is 0 Å². The molecule has 0 aliphatic heterocycles. The van der Waals surface area contributed by atoms with E-state index in [-0.39, 0.29) is 6.10 Å². The fourth-order valence-corrected chi connectivity index (χ4v) is 2.67. The molecule has 1 fully saturated rings. The standard InChI is InChI=1S/C13H26O/c1-3-6-11(2)9-10-13(14)12-7-4-5-8-12/h11-14H,3-10H2,1-2H3. The van der Waals surface area contributed by atoms with Gasteiger partial charge in [-0.05, 0) is 37.5 Å². The summed E-state index contributed by atoms with van der Waals surface area (Å²) in [5.41, 5.74) is 0. The van der Waals surface area contributed by atoms with E-state index in [1.165, 1.54) is 44.9 Å². The lowest BCUT2D eigenvalue weighted by Gasteiger charge is -2.19. The molecule has 1 N–H and O–H groups in total. The maximum Gasteiger partial charge on any atom is 0.0568 e. The average molecular weight is 198 g/mol. The molecule has 0 aromatic heterocycles. The summed E-state index contributed by atoms with van der Waals surface area (Å²) in [4.78, 5) is 0. The van der Waals surface area contributed by atoms with Crippen LogP contribution in [0.5, 0.6) is 0 Å². The molecule has 84 valence electrons. The van der Waals surface area contributed by atoms with Gasteiger partial charge in [0.1, 0.15) is 0 Å². The van der Waals surface area contributed by atoms with Crippen LogP contribution in [-0.2, 0) is 0 Å². The number of aliphatic hydroxyl groups is 1. The summed E-state index contributed by atoms with van der Waals surface area (Å²) in [6.07, 6.45) is 10.1. The molecule has 0 spiro atoms. The Morgan fingerprint density at radius 2 is 1.79 bits per heavy atom. The van der Waals surface area contributed by atoms with Crippen LogP contribution in [0.1, 0.15) is 65.2 Å². The Balaban J connectivity index is 2.10. The van der Waals surface area contributed by atoms with E-state index < -0.39 is 0 Å². The highest BCUT2D eigenvalue weighted by Crippen LogP contribution is 2.30. The first-order valence-electron chi connectivity index (χ1n) is 6.42. The zero-order chi connectivity index (χ0) is 10.4. The second-order valence-electron chi connectivity index (χ2n) is 5.08. The van der Waals surface area contributed by atoms with Gasteiger partial charge in [0.05, 0.1) is 6.10 Å². The van der Waals surface area contributed by atoms with Crippen LogP contribution in [-0.4, -0.2) is 11.2 Å². The summed E-state index contributed by atoms with van der Waals surface area (Å²) in [5, 5.41) is 9.97. The van der Waals surface area contributed by atoms with Crippen LogP contribution in [0.3, 0.4) is 0 Å². The molecule has 0 heterocycles. The highest BCUT2D eigenvalue weighted by molar-refractivity contribution is 4.75. The van der Waals surface area contributed by atoms with E-state index in [0.717, 1.165) is 12.3 Å². The molecule has 1 saturated carbocycles. The Bertz CT molecular complexity index is 138. The van der Waals surface area contributed by atoms with E-state index in [1.807, 2.05) is 0 Å². The molecule has 1 nitrogen and oxygen atoms in total. The zero-order valence-electron chi connectivity index (χ0n) is 9.84. The Morgan fingerprint density at radius 1 is 1.14 bits per heavy atom. The number of rotatable bonds is 6. The quantitative estimate of drug-likeness (QED) is 0.689. The van der Waals surface area contributed by atoms with Gasteiger partial charge in [-0.15, -0.1) is 0 Å². The van der Waals surface area contributed by atoms with Crippen LogP contribution in [0.2, 0.25) is 0 Å². The molecular weight excluding hydrogens is 172 g/mol. The first kappa shape index (κ1) is 12.0. The Labute approximate surface area is 88.9 Å². The summed E-state index contributed by atoms with van der Waals surface area (Å²) >= 11 is 0. The summed E-state index contributed by atoms with van der Waals surface area (Å²) in [6, 6.07) is 0.